The van der Waals surface area contributed by atoms with Gasteiger partial charge < -0.3 is 20.1 Å². The molecule has 1 heterocycles. The topological polar surface area (TPSA) is 74.2 Å². The highest BCUT2D eigenvalue weighted by Crippen LogP contribution is 2.30. The molecule has 2 N–H and O–H groups in total. The Morgan fingerprint density at radius 3 is 2.69 bits per heavy atom. The van der Waals surface area contributed by atoms with Crippen molar-refractivity contribution in [1.29, 1.82) is 0 Å². The lowest BCUT2D eigenvalue weighted by Crippen LogP contribution is -2.41. The molecular weight excluding hydrogens is 483 g/mol. The van der Waals surface area contributed by atoms with E-state index in [9.17, 15) is 18.7 Å². The van der Waals surface area contributed by atoms with Crippen molar-refractivity contribution in [3.05, 3.63) is 76.9 Å². The third kappa shape index (κ3) is 8.47. The number of carbonyl (C=O) groups is 1. The van der Waals surface area contributed by atoms with Gasteiger partial charge in [-0.25, -0.2) is 13.8 Å². The number of hydrogen-bond donors (Lipinski definition) is 2. The molecule has 0 fully saturated rings. The lowest BCUT2D eigenvalue weighted by atomic mass is 10.1. The second-order valence-electron chi connectivity index (χ2n) is 8.76. The third-order valence-corrected chi connectivity index (χ3v) is 6.03. The van der Waals surface area contributed by atoms with Crippen LogP contribution in [0.4, 0.5) is 8.78 Å². The normalized spacial score (nSPS) is 15.9. The molecule has 0 aromatic heterocycles. The molecular formula is C27H34F2N3O3P. The van der Waals surface area contributed by atoms with E-state index in [-0.39, 0.29) is 31.7 Å². The van der Waals surface area contributed by atoms with Crippen molar-refractivity contribution in [1.82, 2.24) is 10.2 Å². The summed E-state index contributed by atoms with van der Waals surface area (Å²) in [5.74, 6) is 0.315. The number of rotatable bonds is 12. The Hall–Kier alpha value is -2.67. The molecule has 1 amide bonds. The zero-order valence-electron chi connectivity index (χ0n) is 20.7. The van der Waals surface area contributed by atoms with Crippen molar-refractivity contribution in [3.63, 3.8) is 0 Å². The van der Waals surface area contributed by atoms with Crippen molar-refractivity contribution in [3.8, 4) is 0 Å². The molecule has 2 aromatic rings. The first kappa shape index (κ1) is 27.9. The lowest BCUT2D eigenvalue weighted by Gasteiger charge is -2.33. The van der Waals surface area contributed by atoms with Gasteiger partial charge in [-0.3, -0.25) is 4.79 Å². The number of amidine groups is 1. The van der Waals surface area contributed by atoms with Gasteiger partial charge in [0.2, 0.25) is 0 Å². The predicted octanol–water partition coefficient (Wildman–Crippen LogP) is 4.97. The molecule has 2 unspecified atom stereocenters. The highest BCUT2D eigenvalue weighted by molar-refractivity contribution is 7.18. The third-order valence-electron chi connectivity index (χ3n) is 5.74. The van der Waals surface area contributed by atoms with Gasteiger partial charge in [-0.15, -0.1) is 0 Å². The second kappa shape index (κ2) is 13.0. The number of benzene rings is 2. The van der Waals surface area contributed by atoms with Crippen LogP contribution in [0.2, 0.25) is 0 Å². The van der Waals surface area contributed by atoms with Crippen LogP contribution in [0, 0.1) is 6.92 Å². The van der Waals surface area contributed by atoms with E-state index in [1.165, 1.54) is 0 Å². The van der Waals surface area contributed by atoms with Crippen molar-refractivity contribution < 1.29 is 23.4 Å². The molecule has 1 aliphatic rings. The van der Waals surface area contributed by atoms with Gasteiger partial charge in [-0.1, -0.05) is 51.2 Å². The van der Waals surface area contributed by atoms with Crippen molar-refractivity contribution in [2.24, 2.45) is 4.99 Å². The van der Waals surface area contributed by atoms with Crippen LogP contribution in [0.3, 0.4) is 0 Å². The van der Waals surface area contributed by atoms with Crippen molar-refractivity contribution >= 4 is 26.7 Å². The molecule has 6 nitrogen and oxygen atoms in total. The first-order valence-electron chi connectivity index (χ1n) is 12.1. The number of ether oxygens (including phenoxy) is 1. The van der Waals surface area contributed by atoms with Crippen LogP contribution < -0.4 is 5.32 Å². The zero-order chi connectivity index (χ0) is 26.1. The van der Waals surface area contributed by atoms with Crippen molar-refractivity contribution in [2.75, 3.05) is 19.8 Å². The number of aliphatic imine (C=N–C) groups is 1. The molecule has 0 spiro atoms. The number of alkyl halides is 2. The SMILES string of the molecule is CCOCCNC(=O)c1cccc(CN2C(CCCC(F)(F)P)=NC(c3ccc(C)cc3)=CC2O)c1. The molecule has 194 valence electrons. The number of nitrogens with zero attached hydrogens (tertiary/aromatic N) is 2. The first-order valence-corrected chi connectivity index (χ1v) is 12.7. The lowest BCUT2D eigenvalue weighted by molar-refractivity contribution is 0.0834. The Morgan fingerprint density at radius 2 is 2.00 bits per heavy atom. The molecule has 1 aliphatic heterocycles. The maximum Gasteiger partial charge on any atom is 0.259 e. The fourth-order valence-corrected chi connectivity index (χ4v) is 4.07. The number of hydrogen-bond acceptors (Lipinski definition) is 5. The summed E-state index contributed by atoms with van der Waals surface area (Å²) in [5.41, 5.74) is 0.993. The maximum absolute atomic E-state index is 13.4. The summed E-state index contributed by atoms with van der Waals surface area (Å²) in [5, 5.41) is 13.8. The number of aliphatic hydroxyl groups is 1. The monoisotopic (exact) mass is 517 g/mol. The average molecular weight is 518 g/mol. The van der Waals surface area contributed by atoms with Crippen LogP contribution in [0.1, 0.15) is 53.2 Å². The van der Waals surface area contributed by atoms with E-state index in [1.54, 1.807) is 38.4 Å². The quantitative estimate of drug-likeness (QED) is 0.308. The standard InChI is InChI=1S/C27H34F2N3O3P/c1-3-35-15-14-30-26(34)22-7-4-6-20(16-22)18-32-24(8-5-13-27(28,29)36)31-23(17-25(32)33)21-11-9-19(2)10-12-21/h4,6-7,9-12,16-17,25,33H,3,5,8,13-15,18,36H2,1-2H3,(H,30,34). The smallest absolute Gasteiger partial charge is 0.259 e. The van der Waals surface area contributed by atoms with E-state index < -0.39 is 11.9 Å². The molecule has 0 saturated carbocycles. The minimum Gasteiger partial charge on any atom is -0.380 e. The molecule has 36 heavy (non-hydrogen) atoms. The summed E-state index contributed by atoms with van der Waals surface area (Å²) in [6.45, 7) is 5.58. The Kier molecular flexibility index (Phi) is 10.1. The fraction of sp³-hybridized carbons (Fsp3) is 0.407. The van der Waals surface area contributed by atoms with Crippen molar-refractivity contribution in [2.45, 2.75) is 51.5 Å². The summed E-state index contributed by atoms with van der Waals surface area (Å²) in [7, 11) is 1.57. The number of carbonyl (C=O) groups excluding carboxylic acids is 1. The second-order valence-corrected chi connectivity index (χ2v) is 9.60. The molecule has 9 heteroatoms. The molecule has 0 aliphatic carbocycles. The van der Waals surface area contributed by atoms with Gasteiger partial charge in [0.25, 0.3) is 11.6 Å². The zero-order valence-corrected chi connectivity index (χ0v) is 21.9. The number of aliphatic hydroxyl groups excluding tert-OH is 1. The van der Waals surface area contributed by atoms with Gasteiger partial charge >= 0.3 is 0 Å². The Balaban J connectivity index is 1.78. The van der Waals surface area contributed by atoms with Crippen LogP contribution in [-0.4, -0.2) is 53.4 Å². The van der Waals surface area contributed by atoms with Crippen LogP contribution in [0.5, 0.6) is 0 Å². The number of halogens is 2. The Labute approximate surface area is 213 Å². The molecule has 2 atom stereocenters. The summed E-state index contributed by atoms with van der Waals surface area (Å²) in [4.78, 5) is 18.9. The molecule has 0 bridgehead atoms. The Morgan fingerprint density at radius 1 is 1.25 bits per heavy atom. The summed E-state index contributed by atoms with van der Waals surface area (Å²) >= 11 is 0. The van der Waals surface area contributed by atoms with Gasteiger partial charge in [0, 0.05) is 43.7 Å². The first-order chi connectivity index (χ1) is 17.2. The summed E-state index contributed by atoms with van der Waals surface area (Å²) < 4.78 is 32.1. The van der Waals surface area contributed by atoms with E-state index >= 15 is 0 Å². The number of amides is 1. The van der Waals surface area contributed by atoms with Gasteiger partial charge in [-0.2, -0.15) is 0 Å². The number of aryl methyl sites for hydroxylation is 1. The number of nitrogens with one attached hydrogen (secondary N) is 1. The van der Waals surface area contributed by atoms with E-state index in [1.807, 2.05) is 44.2 Å². The van der Waals surface area contributed by atoms with E-state index in [0.717, 1.165) is 16.7 Å². The van der Waals surface area contributed by atoms with Crippen LogP contribution in [-0.2, 0) is 11.3 Å². The van der Waals surface area contributed by atoms with E-state index in [2.05, 4.69) is 5.32 Å². The Bertz CT molecular complexity index is 1080. The summed E-state index contributed by atoms with van der Waals surface area (Å²) in [6, 6.07) is 14.9. The van der Waals surface area contributed by atoms with Crippen LogP contribution in [0.15, 0.2) is 59.6 Å². The fourth-order valence-electron chi connectivity index (χ4n) is 3.87. The molecule has 2 aromatic carbocycles. The molecule has 0 saturated heterocycles. The highest BCUT2D eigenvalue weighted by Gasteiger charge is 2.26. The predicted molar refractivity (Wildman–Crippen MR) is 142 cm³/mol. The molecule has 0 radical (unpaired) electrons. The van der Waals surface area contributed by atoms with Gasteiger partial charge in [0.15, 0.2) is 0 Å². The summed E-state index contributed by atoms with van der Waals surface area (Å²) in [6.07, 6.45) is 0.850. The average Bonchev–Trinajstić information content (AvgIpc) is 2.83. The van der Waals surface area contributed by atoms with Crippen LogP contribution in [0.25, 0.3) is 5.70 Å². The molecule has 3 rings (SSSR count). The van der Waals surface area contributed by atoms with Gasteiger partial charge in [0.05, 0.1) is 12.3 Å². The highest BCUT2D eigenvalue weighted by atomic mass is 31.0. The van der Waals surface area contributed by atoms with E-state index in [4.69, 9.17) is 9.73 Å². The largest absolute Gasteiger partial charge is 0.380 e. The minimum absolute atomic E-state index is 0.210. The maximum atomic E-state index is 13.4. The van der Waals surface area contributed by atoms with Gasteiger partial charge in [0.1, 0.15) is 12.1 Å². The van der Waals surface area contributed by atoms with Gasteiger partial charge in [-0.05, 0) is 44.0 Å². The van der Waals surface area contributed by atoms with Crippen LogP contribution >= 0.6 is 9.24 Å². The van der Waals surface area contributed by atoms with E-state index in [0.29, 0.717) is 36.9 Å². The minimum atomic E-state index is -2.85.